The Kier molecular flexibility index (Phi) is 9.03. The van der Waals surface area contributed by atoms with Gasteiger partial charge in [0.25, 0.3) is 0 Å². The number of carbonyl (C=O) groups excluding carboxylic acids is 4. The molecule has 1 saturated heterocycles. The molecule has 39 heavy (non-hydrogen) atoms. The Morgan fingerprint density at radius 2 is 1.10 bits per heavy atom. The van der Waals surface area contributed by atoms with Crippen molar-refractivity contribution in [3.63, 3.8) is 0 Å². The molecular weight excluding hydrogens is 506 g/mol. The Balaban J connectivity index is 1.60. The zero-order chi connectivity index (χ0) is 27.8. The van der Waals surface area contributed by atoms with E-state index in [1.54, 1.807) is 78.9 Å². The molecular formula is C29H27NO9. The van der Waals surface area contributed by atoms with E-state index in [1.807, 2.05) is 0 Å². The van der Waals surface area contributed by atoms with E-state index in [0.29, 0.717) is 5.56 Å². The van der Waals surface area contributed by atoms with Crippen LogP contribution in [0, 0.1) is 0 Å². The molecule has 5 atom stereocenters. The maximum absolute atomic E-state index is 13.0. The first-order chi connectivity index (χ1) is 18.8. The average molecular weight is 534 g/mol. The highest BCUT2D eigenvalue weighted by molar-refractivity contribution is 5.90. The molecule has 3 aromatic carbocycles. The number of hydrogen-bond acceptors (Lipinski definition) is 10. The Morgan fingerprint density at radius 3 is 1.56 bits per heavy atom. The highest BCUT2D eigenvalue weighted by Gasteiger charge is 2.51. The number of carbonyl (C=O) groups is 4. The lowest BCUT2D eigenvalue weighted by atomic mass is 9.96. The van der Waals surface area contributed by atoms with Gasteiger partial charge in [-0.2, -0.15) is 0 Å². The molecule has 0 radical (unpaired) electrons. The molecule has 202 valence electrons. The summed E-state index contributed by atoms with van der Waals surface area (Å²) in [6, 6.07) is 23.3. The predicted octanol–water partition coefficient (Wildman–Crippen LogP) is 2.91. The van der Waals surface area contributed by atoms with E-state index in [0.717, 1.165) is 6.92 Å². The minimum Gasteiger partial charge on any atom is -0.459 e. The maximum Gasteiger partial charge on any atom is 0.338 e. The van der Waals surface area contributed by atoms with Gasteiger partial charge in [-0.25, -0.2) is 14.4 Å². The number of benzene rings is 3. The van der Waals surface area contributed by atoms with Crippen LogP contribution in [0.1, 0.15) is 38.0 Å². The molecule has 1 aliphatic heterocycles. The molecule has 0 spiro atoms. The fraction of sp³-hybridized carbons (Fsp3) is 0.241. The molecule has 0 aromatic heterocycles. The molecule has 1 heterocycles. The Bertz CT molecular complexity index is 1280. The van der Waals surface area contributed by atoms with Crippen LogP contribution >= 0.6 is 0 Å². The van der Waals surface area contributed by atoms with Gasteiger partial charge in [-0.1, -0.05) is 54.6 Å². The molecule has 1 fully saturated rings. The number of ether oxygens (including phenoxy) is 5. The Hall–Kier alpha value is -4.54. The minimum atomic E-state index is -1.51. The fourth-order valence-corrected chi connectivity index (χ4v) is 3.95. The third-order valence-corrected chi connectivity index (χ3v) is 5.89. The summed E-state index contributed by atoms with van der Waals surface area (Å²) >= 11 is 0. The second-order valence-electron chi connectivity index (χ2n) is 8.67. The van der Waals surface area contributed by atoms with Gasteiger partial charge in [0.1, 0.15) is 12.7 Å². The van der Waals surface area contributed by atoms with E-state index in [1.165, 1.54) is 12.1 Å². The molecule has 10 heteroatoms. The highest BCUT2D eigenvalue weighted by Crippen LogP contribution is 2.28. The molecule has 0 bridgehead atoms. The smallest absolute Gasteiger partial charge is 0.338 e. The van der Waals surface area contributed by atoms with E-state index >= 15 is 0 Å². The first-order valence-corrected chi connectivity index (χ1v) is 12.2. The SMILES string of the molecule is CC(=O)OC1OC(COC(=O)c2ccccc2)C(N)C(OC(=O)c2ccccc2)C1OC(=O)c1ccccc1. The lowest BCUT2D eigenvalue weighted by molar-refractivity contribution is -0.266. The molecule has 1 aliphatic rings. The summed E-state index contributed by atoms with van der Waals surface area (Å²) in [7, 11) is 0. The summed E-state index contributed by atoms with van der Waals surface area (Å²) in [6.07, 6.45) is -5.35. The number of hydrogen-bond donors (Lipinski definition) is 1. The van der Waals surface area contributed by atoms with Gasteiger partial charge in [0.15, 0.2) is 6.10 Å². The summed E-state index contributed by atoms with van der Waals surface area (Å²) in [4.78, 5) is 50.4. The molecule has 2 N–H and O–H groups in total. The number of nitrogens with two attached hydrogens (primary N) is 1. The lowest BCUT2D eigenvalue weighted by Gasteiger charge is -2.43. The van der Waals surface area contributed by atoms with E-state index in [2.05, 4.69) is 0 Å². The van der Waals surface area contributed by atoms with Crippen molar-refractivity contribution in [1.82, 2.24) is 0 Å². The van der Waals surface area contributed by atoms with Gasteiger partial charge < -0.3 is 29.4 Å². The van der Waals surface area contributed by atoms with Gasteiger partial charge in [0.2, 0.25) is 12.4 Å². The van der Waals surface area contributed by atoms with Gasteiger partial charge in [0, 0.05) is 6.92 Å². The third kappa shape index (κ3) is 7.07. The van der Waals surface area contributed by atoms with Crippen LogP contribution in [0.25, 0.3) is 0 Å². The van der Waals surface area contributed by atoms with Crippen molar-refractivity contribution in [1.29, 1.82) is 0 Å². The number of rotatable bonds is 8. The van der Waals surface area contributed by atoms with Crippen LogP contribution < -0.4 is 5.73 Å². The molecule has 3 aromatic rings. The van der Waals surface area contributed by atoms with Crippen molar-refractivity contribution in [3.8, 4) is 0 Å². The Morgan fingerprint density at radius 1 is 0.667 bits per heavy atom. The topological polar surface area (TPSA) is 140 Å². The van der Waals surface area contributed by atoms with Crippen molar-refractivity contribution in [2.75, 3.05) is 6.61 Å². The van der Waals surface area contributed by atoms with E-state index in [-0.39, 0.29) is 17.7 Å². The van der Waals surface area contributed by atoms with E-state index in [4.69, 9.17) is 29.4 Å². The normalized spacial score (nSPS) is 22.3. The van der Waals surface area contributed by atoms with Crippen LogP contribution in [-0.4, -0.2) is 61.1 Å². The van der Waals surface area contributed by atoms with Crippen molar-refractivity contribution < 1.29 is 42.9 Å². The molecule has 4 rings (SSSR count). The highest BCUT2D eigenvalue weighted by atomic mass is 16.7. The first kappa shape index (κ1) is 27.5. The van der Waals surface area contributed by atoms with Crippen LogP contribution in [-0.2, 0) is 28.5 Å². The van der Waals surface area contributed by atoms with Crippen LogP contribution in [0.2, 0.25) is 0 Å². The maximum atomic E-state index is 13.0. The zero-order valence-electron chi connectivity index (χ0n) is 21.0. The lowest BCUT2D eigenvalue weighted by Crippen LogP contribution is -2.65. The van der Waals surface area contributed by atoms with Gasteiger partial charge in [-0.05, 0) is 36.4 Å². The summed E-state index contributed by atoms with van der Waals surface area (Å²) in [6.45, 7) is 0.786. The van der Waals surface area contributed by atoms with Crippen molar-refractivity contribution in [2.45, 2.75) is 37.6 Å². The van der Waals surface area contributed by atoms with Gasteiger partial charge in [-0.3, -0.25) is 4.79 Å². The van der Waals surface area contributed by atoms with Crippen LogP contribution in [0.4, 0.5) is 0 Å². The predicted molar refractivity (Wildman–Crippen MR) is 136 cm³/mol. The summed E-state index contributed by atoms with van der Waals surface area (Å²) < 4.78 is 27.9. The van der Waals surface area contributed by atoms with Gasteiger partial charge in [0.05, 0.1) is 22.7 Å². The molecule has 0 saturated carbocycles. The summed E-state index contributed by atoms with van der Waals surface area (Å²) in [5.74, 6) is -2.90. The summed E-state index contributed by atoms with van der Waals surface area (Å²) in [5.41, 5.74) is 7.18. The molecule has 5 unspecified atom stereocenters. The molecule has 10 nitrogen and oxygen atoms in total. The monoisotopic (exact) mass is 533 g/mol. The van der Waals surface area contributed by atoms with Crippen LogP contribution in [0.15, 0.2) is 91.0 Å². The third-order valence-electron chi connectivity index (χ3n) is 5.89. The van der Waals surface area contributed by atoms with Crippen molar-refractivity contribution in [3.05, 3.63) is 108 Å². The van der Waals surface area contributed by atoms with E-state index < -0.39 is 54.5 Å². The summed E-state index contributed by atoms with van der Waals surface area (Å²) in [5, 5.41) is 0. The Labute approximate surface area is 224 Å². The minimum absolute atomic E-state index is 0.208. The second kappa shape index (κ2) is 12.8. The van der Waals surface area contributed by atoms with Crippen LogP contribution in [0.5, 0.6) is 0 Å². The van der Waals surface area contributed by atoms with Gasteiger partial charge >= 0.3 is 23.9 Å². The zero-order valence-corrected chi connectivity index (χ0v) is 21.0. The quantitative estimate of drug-likeness (QED) is 0.339. The largest absolute Gasteiger partial charge is 0.459 e. The average Bonchev–Trinajstić information content (AvgIpc) is 2.96. The van der Waals surface area contributed by atoms with Gasteiger partial charge in [-0.15, -0.1) is 0 Å². The van der Waals surface area contributed by atoms with Crippen LogP contribution in [0.3, 0.4) is 0 Å². The second-order valence-corrected chi connectivity index (χ2v) is 8.67. The molecule has 0 amide bonds. The van der Waals surface area contributed by atoms with E-state index in [9.17, 15) is 19.2 Å². The fourth-order valence-electron chi connectivity index (χ4n) is 3.95. The first-order valence-electron chi connectivity index (χ1n) is 12.2. The number of esters is 4. The van der Waals surface area contributed by atoms with Crippen molar-refractivity contribution in [2.24, 2.45) is 5.73 Å². The van der Waals surface area contributed by atoms with Crippen molar-refractivity contribution >= 4 is 23.9 Å². The molecule has 0 aliphatic carbocycles. The standard InChI is InChI=1S/C29H27NO9/c1-18(31)36-29-25(39-28(34)21-15-9-4-10-16-21)24(38-27(33)20-13-7-3-8-14-20)23(30)22(37-29)17-35-26(32)19-11-5-2-6-12-19/h2-16,22-25,29H,17,30H2,1H3.